The van der Waals surface area contributed by atoms with Crippen molar-refractivity contribution in [2.24, 2.45) is 0 Å². The number of halogens is 3. The van der Waals surface area contributed by atoms with E-state index in [-0.39, 0.29) is 24.4 Å². The number of thioether (sulfide) groups is 1. The van der Waals surface area contributed by atoms with Crippen LogP contribution in [0.2, 0.25) is 10.0 Å². The Hall–Kier alpha value is -1.48. The molecule has 4 rings (SSSR count). The number of piperidine rings is 1. The minimum Gasteiger partial charge on any atom is -0.383 e. The molecule has 2 heterocycles. The molecule has 0 saturated carbocycles. The molecule has 5 nitrogen and oxygen atoms in total. The summed E-state index contributed by atoms with van der Waals surface area (Å²) in [6.07, 6.45) is 1.89. The second kappa shape index (κ2) is 13.9. The van der Waals surface area contributed by atoms with Crippen LogP contribution in [0.5, 0.6) is 0 Å². The summed E-state index contributed by atoms with van der Waals surface area (Å²) < 4.78 is 0.911. The van der Waals surface area contributed by atoms with Gasteiger partial charge in [-0.15, -0.1) is 23.7 Å². The standard InChI is InChI=1S/C26H30Cl2N4OS2.ClH/c1-17(2)29-21-5-3-4-19(13-21)24-15-34-26(31-24)35-16-25(33)30-20-8-10-32(11-9-20)14-18-6-7-22(27)23(28)12-18;/h3-7,12-13,15,17,20,29H,8-11,14,16H2,1-2H3,(H,30,33);1H. The molecule has 10 heteroatoms. The van der Waals surface area contributed by atoms with Crippen molar-refractivity contribution in [1.29, 1.82) is 0 Å². The van der Waals surface area contributed by atoms with Crippen molar-refractivity contribution in [2.45, 2.75) is 49.7 Å². The first kappa shape index (κ1) is 29.1. The Labute approximate surface area is 237 Å². The lowest BCUT2D eigenvalue weighted by Gasteiger charge is -2.32. The van der Waals surface area contributed by atoms with E-state index < -0.39 is 0 Å². The smallest absolute Gasteiger partial charge is 0.230 e. The molecule has 0 spiro atoms. The van der Waals surface area contributed by atoms with Gasteiger partial charge in [-0.2, -0.15) is 0 Å². The Kier molecular flexibility index (Phi) is 11.2. The van der Waals surface area contributed by atoms with Gasteiger partial charge < -0.3 is 10.6 Å². The van der Waals surface area contributed by atoms with E-state index in [9.17, 15) is 4.79 Å². The van der Waals surface area contributed by atoms with Gasteiger partial charge in [-0.25, -0.2) is 4.98 Å². The fourth-order valence-corrected chi connectivity index (χ4v) is 6.05. The fourth-order valence-electron chi connectivity index (χ4n) is 4.09. The Morgan fingerprint density at radius 2 is 1.94 bits per heavy atom. The average molecular weight is 586 g/mol. The quantitative estimate of drug-likeness (QED) is 0.259. The van der Waals surface area contributed by atoms with Gasteiger partial charge in [-0.3, -0.25) is 9.69 Å². The van der Waals surface area contributed by atoms with Crippen LogP contribution in [0.25, 0.3) is 11.3 Å². The molecule has 0 atom stereocenters. The molecule has 1 amide bonds. The number of nitrogens with zero attached hydrogens (tertiary/aromatic N) is 2. The average Bonchev–Trinajstić information content (AvgIpc) is 3.30. The molecule has 2 aromatic carbocycles. The molecule has 1 aromatic heterocycles. The Morgan fingerprint density at radius 3 is 2.67 bits per heavy atom. The molecule has 36 heavy (non-hydrogen) atoms. The summed E-state index contributed by atoms with van der Waals surface area (Å²) in [5, 5.41) is 9.85. The molecule has 194 valence electrons. The number of hydrogen-bond acceptors (Lipinski definition) is 6. The van der Waals surface area contributed by atoms with Gasteiger partial charge in [0.2, 0.25) is 5.91 Å². The van der Waals surface area contributed by atoms with Gasteiger partial charge in [0, 0.05) is 48.3 Å². The van der Waals surface area contributed by atoms with E-state index >= 15 is 0 Å². The Bertz CT molecular complexity index is 1150. The van der Waals surface area contributed by atoms with E-state index in [1.54, 1.807) is 11.3 Å². The third-order valence-corrected chi connectivity index (χ3v) is 8.53. The van der Waals surface area contributed by atoms with E-state index in [4.69, 9.17) is 28.2 Å². The summed E-state index contributed by atoms with van der Waals surface area (Å²) >= 11 is 15.2. The number of amides is 1. The molecule has 0 aliphatic carbocycles. The first-order chi connectivity index (χ1) is 16.9. The van der Waals surface area contributed by atoms with Crippen molar-refractivity contribution in [3.05, 3.63) is 63.5 Å². The number of nitrogens with one attached hydrogen (secondary N) is 2. The number of thiazole rings is 1. The first-order valence-electron chi connectivity index (χ1n) is 11.8. The largest absolute Gasteiger partial charge is 0.383 e. The van der Waals surface area contributed by atoms with Crippen LogP contribution in [0.4, 0.5) is 5.69 Å². The highest BCUT2D eigenvalue weighted by Gasteiger charge is 2.21. The van der Waals surface area contributed by atoms with E-state index in [2.05, 4.69) is 53.0 Å². The predicted octanol–water partition coefficient (Wildman–Crippen LogP) is 7.23. The number of anilines is 1. The van der Waals surface area contributed by atoms with Crippen LogP contribution in [0.15, 0.2) is 52.2 Å². The Balaban J connectivity index is 0.00000361. The zero-order valence-corrected chi connectivity index (χ0v) is 24.3. The van der Waals surface area contributed by atoms with E-state index in [1.165, 1.54) is 11.8 Å². The van der Waals surface area contributed by atoms with Gasteiger partial charge in [-0.1, -0.05) is 53.2 Å². The second-order valence-corrected chi connectivity index (χ2v) is 11.9. The van der Waals surface area contributed by atoms with Crippen molar-refractivity contribution in [3.63, 3.8) is 0 Å². The molecule has 0 bridgehead atoms. The lowest BCUT2D eigenvalue weighted by atomic mass is 10.0. The van der Waals surface area contributed by atoms with Crippen LogP contribution in [0, 0.1) is 0 Å². The highest BCUT2D eigenvalue weighted by Crippen LogP contribution is 2.30. The zero-order chi connectivity index (χ0) is 24.8. The Morgan fingerprint density at radius 1 is 1.17 bits per heavy atom. The third kappa shape index (κ3) is 8.54. The topological polar surface area (TPSA) is 57.3 Å². The number of hydrogen-bond donors (Lipinski definition) is 2. The summed E-state index contributed by atoms with van der Waals surface area (Å²) in [4.78, 5) is 19.7. The number of carbonyl (C=O) groups excluding carboxylic acids is 1. The third-order valence-electron chi connectivity index (χ3n) is 5.77. The van der Waals surface area contributed by atoms with Crippen LogP contribution in [-0.4, -0.2) is 46.7 Å². The molecule has 2 N–H and O–H groups in total. The van der Waals surface area contributed by atoms with E-state index in [0.717, 1.165) is 59.3 Å². The van der Waals surface area contributed by atoms with Crippen molar-refractivity contribution >= 4 is 70.3 Å². The summed E-state index contributed by atoms with van der Waals surface area (Å²) in [5.41, 5.74) is 4.27. The van der Waals surface area contributed by atoms with Crippen molar-refractivity contribution in [2.75, 3.05) is 24.2 Å². The highest BCUT2D eigenvalue weighted by molar-refractivity contribution is 8.01. The zero-order valence-electron chi connectivity index (χ0n) is 20.3. The second-order valence-electron chi connectivity index (χ2n) is 9.03. The van der Waals surface area contributed by atoms with Gasteiger partial charge in [0.1, 0.15) is 0 Å². The van der Waals surface area contributed by atoms with Gasteiger partial charge >= 0.3 is 0 Å². The lowest BCUT2D eigenvalue weighted by molar-refractivity contribution is -0.119. The summed E-state index contributed by atoms with van der Waals surface area (Å²) in [6.45, 7) is 6.97. The minimum absolute atomic E-state index is 0. The van der Waals surface area contributed by atoms with Crippen LogP contribution in [0.1, 0.15) is 32.3 Å². The van der Waals surface area contributed by atoms with Crippen molar-refractivity contribution in [3.8, 4) is 11.3 Å². The first-order valence-corrected chi connectivity index (χ1v) is 14.4. The fraction of sp³-hybridized carbons (Fsp3) is 0.385. The van der Waals surface area contributed by atoms with Crippen molar-refractivity contribution < 1.29 is 4.79 Å². The molecule has 1 saturated heterocycles. The summed E-state index contributed by atoms with van der Waals surface area (Å²) in [6, 6.07) is 14.7. The monoisotopic (exact) mass is 584 g/mol. The van der Waals surface area contributed by atoms with Gasteiger partial charge in [0.25, 0.3) is 0 Å². The van der Waals surface area contributed by atoms with Gasteiger partial charge in [0.15, 0.2) is 4.34 Å². The molecule has 1 fully saturated rings. The number of benzene rings is 2. The number of likely N-dealkylation sites (tertiary alicyclic amines) is 1. The molecular formula is C26H31Cl3N4OS2. The SMILES string of the molecule is CC(C)Nc1cccc(-c2csc(SCC(=O)NC3CCN(Cc4ccc(Cl)c(Cl)c4)CC3)n2)c1.Cl. The normalized spacial score (nSPS) is 14.5. The number of rotatable bonds is 9. The summed E-state index contributed by atoms with van der Waals surface area (Å²) in [5.74, 6) is 0.448. The maximum Gasteiger partial charge on any atom is 0.230 e. The number of carbonyl (C=O) groups is 1. The van der Waals surface area contributed by atoms with Gasteiger partial charge in [-0.05, 0) is 56.5 Å². The molecule has 0 unspecified atom stereocenters. The molecule has 1 aliphatic heterocycles. The highest BCUT2D eigenvalue weighted by atomic mass is 35.5. The molecule has 3 aromatic rings. The summed E-state index contributed by atoms with van der Waals surface area (Å²) in [7, 11) is 0. The molecule has 1 aliphatic rings. The van der Waals surface area contributed by atoms with Crippen LogP contribution >= 0.6 is 58.7 Å². The van der Waals surface area contributed by atoms with Crippen LogP contribution in [0.3, 0.4) is 0 Å². The predicted molar refractivity (Wildman–Crippen MR) is 157 cm³/mol. The van der Waals surface area contributed by atoms with E-state index in [0.29, 0.717) is 21.8 Å². The van der Waals surface area contributed by atoms with E-state index in [1.807, 2.05) is 24.3 Å². The maximum atomic E-state index is 12.5. The van der Waals surface area contributed by atoms with Crippen molar-refractivity contribution in [1.82, 2.24) is 15.2 Å². The van der Waals surface area contributed by atoms with Crippen LogP contribution < -0.4 is 10.6 Å². The molecule has 0 radical (unpaired) electrons. The van der Waals surface area contributed by atoms with Crippen LogP contribution in [-0.2, 0) is 11.3 Å². The molecular weight excluding hydrogens is 555 g/mol. The van der Waals surface area contributed by atoms with Gasteiger partial charge in [0.05, 0.1) is 21.5 Å². The minimum atomic E-state index is 0. The maximum absolute atomic E-state index is 12.5. The lowest BCUT2D eigenvalue weighted by Crippen LogP contribution is -2.44. The number of aromatic nitrogens is 1.